The molecule has 0 heteroatoms. The van der Waals surface area contributed by atoms with Crippen molar-refractivity contribution in [1.29, 1.82) is 0 Å². The third-order valence-corrected chi connectivity index (χ3v) is 3.93. The lowest BCUT2D eigenvalue weighted by molar-refractivity contribution is 0.794. The van der Waals surface area contributed by atoms with Crippen molar-refractivity contribution in [1.82, 2.24) is 0 Å². The molecular weight excluding hydrogens is 348 g/mol. The maximum Gasteiger partial charge on any atom is -0.0150 e. The Kier molecular flexibility index (Phi) is 18.5. The first-order valence-electron chi connectivity index (χ1n) is 10.4. The molecule has 0 nitrogen and oxygen atoms in total. The van der Waals surface area contributed by atoms with Crippen LogP contribution in [0.25, 0.3) is 5.57 Å². The molecule has 0 aliphatic rings. The second-order valence-electron chi connectivity index (χ2n) is 6.96. The minimum Gasteiger partial charge on any atom is -0.103 e. The van der Waals surface area contributed by atoms with Crippen LogP contribution in [-0.4, -0.2) is 0 Å². The fraction of sp³-hybridized carbons (Fsp3) is 0.310. The zero-order valence-corrected chi connectivity index (χ0v) is 19.8. The summed E-state index contributed by atoms with van der Waals surface area (Å²) in [7, 11) is 0. The van der Waals surface area contributed by atoms with Gasteiger partial charge in [0.15, 0.2) is 0 Å². The second kappa shape index (κ2) is 18.7. The normalized spacial score (nSPS) is 11.6. The minimum absolute atomic E-state index is 0.507. The Labute approximate surface area is 181 Å². The van der Waals surface area contributed by atoms with Gasteiger partial charge in [-0.05, 0) is 62.3 Å². The molecule has 0 amide bonds. The molecule has 29 heavy (non-hydrogen) atoms. The third-order valence-electron chi connectivity index (χ3n) is 3.93. The molecule has 0 fully saturated rings. The highest BCUT2D eigenvalue weighted by molar-refractivity contribution is 5.81. The van der Waals surface area contributed by atoms with Crippen LogP contribution in [0.1, 0.15) is 59.1 Å². The monoisotopic (exact) mass is 390 g/mol. The number of allylic oxidation sites excluding steroid dienone is 11. The second-order valence-corrected chi connectivity index (χ2v) is 6.96. The van der Waals surface area contributed by atoms with Gasteiger partial charge in [-0.25, -0.2) is 0 Å². The molecule has 1 rings (SSSR count). The first-order chi connectivity index (χ1) is 13.8. The molecule has 1 aromatic carbocycles. The van der Waals surface area contributed by atoms with E-state index in [0.29, 0.717) is 5.92 Å². The summed E-state index contributed by atoms with van der Waals surface area (Å²) in [6, 6.07) is 8.53. The molecule has 1 aromatic rings. The van der Waals surface area contributed by atoms with Crippen LogP contribution in [-0.2, 0) is 0 Å². The number of hydrogen-bond donors (Lipinski definition) is 0. The van der Waals surface area contributed by atoms with Gasteiger partial charge in [-0.2, -0.15) is 0 Å². The van der Waals surface area contributed by atoms with Crippen LogP contribution >= 0.6 is 0 Å². The third kappa shape index (κ3) is 14.1. The van der Waals surface area contributed by atoms with E-state index in [1.165, 1.54) is 22.3 Å². The minimum atomic E-state index is 0.507. The van der Waals surface area contributed by atoms with Crippen LogP contribution in [0.5, 0.6) is 0 Å². The van der Waals surface area contributed by atoms with Crippen molar-refractivity contribution < 1.29 is 0 Å². The lowest BCUT2D eigenvalue weighted by Gasteiger charge is -2.17. The fourth-order valence-corrected chi connectivity index (χ4v) is 2.53. The van der Waals surface area contributed by atoms with E-state index >= 15 is 0 Å². The Bertz CT molecular complexity index is 718. The van der Waals surface area contributed by atoms with Crippen LogP contribution in [0.3, 0.4) is 0 Å². The van der Waals surface area contributed by atoms with E-state index in [1.807, 2.05) is 38.2 Å². The van der Waals surface area contributed by atoms with E-state index in [1.54, 1.807) is 6.08 Å². The Balaban J connectivity index is 0. The molecule has 0 saturated carbocycles. The number of benzene rings is 1. The van der Waals surface area contributed by atoms with Crippen LogP contribution in [0.4, 0.5) is 0 Å². The molecule has 0 N–H and O–H groups in total. The predicted octanol–water partition coefficient (Wildman–Crippen LogP) is 9.44. The topological polar surface area (TPSA) is 0 Å². The van der Waals surface area contributed by atoms with Gasteiger partial charge >= 0.3 is 0 Å². The van der Waals surface area contributed by atoms with Gasteiger partial charge in [0.1, 0.15) is 0 Å². The average molecular weight is 391 g/mol. The first kappa shape index (κ1) is 28.6. The standard InChI is InChI=1S/C19H24.C6H10.C4H8/c1-6-8-9-14-19(17(7-2)15(3)4)18-13-11-10-12-16(18)5;1-4-5-6(2)3;1-3-4-2/h6-15H,1H2,2-5H3;4-5H,2H2,1,3H3;3H,1,4H2,2H3/b9-8+,17-7-,19-14+;5-4-;. The van der Waals surface area contributed by atoms with E-state index < -0.39 is 0 Å². The number of hydrogen-bond acceptors (Lipinski definition) is 0. The van der Waals surface area contributed by atoms with E-state index in [-0.39, 0.29) is 0 Å². The highest BCUT2D eigenvalue weighted by Crippen LogP contribution is 2.30. The molecule has 158 valence electrons. The molecule has 0 spiro atoms. The quantitative estimate of drug-likeness (QED) is 0.321. The van der Waals surface area contributed by atoms with Crippen molar-refractivity contribution in [2.24, 2.45) is 5.92 Å². The fourth-order valence-electron chi connectivity index (χ4n) is 2.53. The summed E-state index contributed by atoms with van der Waals surface area (Å²) < 4.78 is 0. The smallest absolute Gasteiger partial charge is 0.0150 e. The SMILES string of the molecule is C=C(C)/C=C\C.C=C/C=C/C=C(\C(=C/C)C(C)C)c1ccccc1C.C=CCC. The zero-order valence-electron chi connectivity index (χ0n) is 19.8. The molecule has 0 atom stereocenters. The zero-order chi connectivity index (χ0) is 22.7. The van der Waals surface area contributed by atoms with Crippen molar-refractivity contribution >= 4 is 5.57 Å². The Hall–Kier alpha value is -2.60. The maximum absolute atomic E-state index is 3.72. The Morgan fingerprint density at radius 3 is 2.00 bits per heavy atom. The lowest BCUT2D eigenvalue weighted by atomic mass is 9.87. The number of rotatable bonds is 7. The van der Waals surface area contributed by atoms with Gasteiger partial charge in [-0.15, -0.1) is 6.58 Å². The van der Waals surface area contributed by atoms with Crippen LogP contribution in [0, 0.1) is 12.8 Å². The molecule has 0 radical (unpaired) electrons. The number of aryl methyl sites for hydroxylation is 1. The molecule has 0 bridgehead atoms. The van der Waals surface area contributed by atoms with E-state index in [4.69, 9.17) is 0 Å². The summed E-state index contributed by atoms with van der Waals surface area (Å²) in [6.45, 7) is 25.6. The van der Waals surface area contributed by atoms with Gasteiger partial charge in [0.05, 0.1) is 0 Å². The Morgan fingerprint density at radius 2 is 1.66 bits per heavy atom. The average Bonchev–Trinajstić information content (AvgIpc) is 2.68. The van der Waals surface area contributed by atoms with Gasteiger partial charge < -0.3 is 0 Å². The molecule has 0 saturated heterocycles. The van der Waals surface area contributed by atoms with Crippen molar-refractivity contribution in [2.75, 3.05) is 0 Å². The van der Waals surface area contributed by atoms with E-state index in [9.17, 15) is 0 Å². The molecule has 0 aliphatic heterocycles. The molecular formula is C29H42. The van der Waals surface area contributed by atoms with Crippen LogP contribution in [0.2, 0.25) is 0 Å². The predicted molar refractivity (Wildman–Crippen MR) is 137 cm³/mol. The first-order valence-corrected chi connectivity index (χ1v) is 10.4. The summed E-state index contributed by atoms with van der Waals surface area (Å²) in [4.78, 5) is 0. The van der Waals surface area contributed by atoms with E-state index in [0.717, 1.165) is 12.0 Å². The van der Waals surface area contributed by atoms with Crippen molar-refractivity contribution in [3.8, 4) is 0 Å². The molecule has 0 aliphatic carbocycles. The summed E-state index contributed by atoms with van der Waals surface area (Å²) >= 11 is 0. The van der Waals surface area contributed by atoms with Crippen molar-refractivity contribution in [2.45, 2.75) is 54.9 Å². The van der Waals surface area contributed by atoms with Crippen molar-refractivity contribution in [3.63, 3.8) is 0 Å². The summed E-state index contributed by atoms with van der Waals surface area (Å²) in [5.41, 5.74) is 6.40. The summed E-state index contributed by atoms with van der Waals surface area (Å²) in [5.74, 6) is 0.507. The highest BCUT2D eigenvalue weighted by Gasteiger charge is 2.11. The summed E-state index contributed by atoms with van der Waals surface area (Å²) in [5, 5.41) is 0. The molecule has 0 unspecified atom stereocenters. The van der Waals surface area contributed by atoms with Crippen LogP contribution < -0.4 is 0 Å². The lowest BCUT2D eigenvalue weighted by Crippen LogP contribution is -1.99. The van der Waals surface area contributed by atoms with Crippen LogP contribution in [0.15, 0.2) is 104 Å². The maximum atomic E-state index is 3.72. The van der Waals surface area contributed by atoms with E-state index in [2.05, 4.69) is 96.8 Å². The summed E-state index contributed by atoms with van der Waals surface area (Å²) in [6.07, 6.45) is 17.1. The van der Waals surface area contributed by atoms with Gasteiger partial charge in [0.2, 0.25) is 0 Å². The van der Waals surface area contributed by atoms with Gasteiger partial charge in [-0.3, -0.25) is 0 Å². The van der Waals surface area contributed by atoms with Gasteiger partial charge in [-0.1, -0.05) is 112 Å². The van der Waals surface area contributed by atoms with Crippen molar-refractivity contribution in [3.05, 3.63) is 115 Å². The Morgan fingerprint density at radius 1 is 1.07 bits per heavy atom. The highest BCUT2D eigenvalue weighted by atomic mass is 14.2. The molecule has 0 heterocycles. The molecule has 0 aromatic heterocycles. The largest absolute Gasteiger partial charge is 0.103 e. The van der Waals surface area contributed by atoms with Gasteiger partial charge in [0, 0.05) is 0 Å². The van der Waals surface area contributed by atoms with Gasteiger partial charge in [0.25, 0.3) is 0 Å².